The van der Waals surface area contributed by atoms with Crippen LogP contribution in [0.15, 0.2) is 18.2 Å². The van der Waals surface area contributed by atoms with Gasteiger partial charge in [-0.15, -0.1) is 10.2 Å². The van der Waals surface area contributed by atoms with Crippen molar-refractivity contribution in [2.24, 2.45) is 0 Å². The molecule has 2 N–H and O–H groups in total. The van der Waals surface area contributed by atoms with Crippen molar-refractivity contribution in [3.8, 4) is 0 Å². The van der Waals surface area contributed by atoms with E-state index >= 15 is 0 Å². The molecule has 0 spiro atoms. The minimum Gasteiger partial charge on any atom is -0.374 e. The number of hydrogen-bond acceptors (Lipinski definition) is 6. The summed E-state index contributed by atoms with van der Waals surface area (Å²) in [5.74, 6) is 0. The highest BCUT2D eigenvalue weighted by Crippen LogP contribution is 2.33. The number of nitrogens with zero attached hydrogens (tertiary/aromatic N) is 3. The molecule has 0 atom stereocenters. The second-order valence-corrected chi connectivity index (χ2v) is 4.90. The summed E-state index contributed by atoms with van der Waals surface area (Å²) in [6.45, 7) is 0. The zero-order chi connectivity index (χ0) is 14.9. The average molecular weight is 304 g/mol. The number of nitrogen functional groups attached to an aromatic ring is 1. The van der Waals surface area contributed by atoms with Crippen molar-refractivity contribution in [2.45, 2.75) is 12.6 Å². The van der Waals surface area contributed by atoms with Crippen LogP contribution in [0.3, 0.4) is 0 Å². The number of halogens is 3. The summed E-state index contributed by atoms with van der Waals surface area (Å²) in [6, 6.07) is 2.38. The zero-order valence-electron chi connectivity index (χ0n) is 9.72. The van der Waals surface area contributed by atoms with Crippen LogP contribution < -0.4 is 5.73 Å². The Balaban J connectivity index is 2.40. The van der Waals surface area contributed by atoms with Crippen molar-refractivity contribution in [1.82, 2.24) is 10.2 Å². The Morgan fingerprint density at radius 3 is 2.55 bits per heavy atom. The van der Waals surface area contributed by atoms with E-state index in [9.17, 15) is 23.3 Å². The van der Waals surface area contributed by atoms with Gasteiger partial charge in [-0.3, -0.25) is 10.1 Å². The number of alkyl halides is 3. The lowest BCUT2D eigenvalue weighted by atomic mass is 10.1. The van der Waals surface area contributed by atoms with Gasteiger partial charge in [0.15, 0.2) is 0 Å². The molecule has 0 aliphatic heterocycles. The number of nitrogens with two attached hydrogens (primary N) is 1. The molecule has 0 unspecified atom stereocenters. The molecule has 1 heterocycles. The minimum absolute atomic E-state index is 0.00329. The number of benzene rings is 1. The number of nitro groups is 1. The summed E-state index contributed by atoms with van der Waals surface area (Å²) >= 11 is 1.02. The molecule has 0 aliphatic carbocycles. The average Bonchev–Trinajstić information content (AvgIpc) is 2.73. The molecule has 0 bridgehead atoms. The van der Waals surface area contributed by atoms with Crippen molar-refractivity contribution < 1.29 is 18.1 Å². The van der Waals surface area contributed by atoms with Crippen LogP contribution in [0.1, 0.15) is 16.1 Å². The molecule has 10 heteroatoms. The second kappa shape index (κ2) is 5.04. The van der Waals surface area contributed by atoms with Crippen molar-refractivity contribution >= 4 is 22.2 Å². The minimum atomic E-state index is -4.63. The van der Waals surface area contributed by atoms with E-state index in [0.29, 0.717) is 11.1 Å². The normalized spacial score (nSPS) is 11.6. The molecule has 1 aromatic carbocycles. The highest BCUT2D eigenvalue weighted by Gasteiger charge is 2.33. The maximum Gasteiger partial charge on any atom is 0.416 e. The molecule has 0 saturated carbocycles. The van der Waals surface area contributed by atoms with E-state index in [1.165, 1.54) is 0 Å². The van der Waals surface area contributed by atoms with Crippen LogP contribution in [0.2, 0.25) is 0 Å². The Labute approximate surface area is 114 Å². The van der Waals surface area contributed by atoms with Gasteiger partial charge in [0.05, 0.1) is 10.5 Å². The first kappa shape index (κ1) is 14.2. The number of aromatic nitrogens is 2. The van der Waals surface area contributed by atoms with Crippen molar-refractivity contribution in [2.75, 3.05) is 5.73 Å². The third-order valence-corrected chi connectivity index (χ3v) is 3.19. The van der Waals surface area contributed by atoms with Gasteiger partial charge < -0.3 is 5.73 Å². The first-order valence-corrected chi connectivity index (χ1v) is 6.01. The molecule has 0 amide bonds. The van der Waals surface area contributed by atoms with Crippen LogP contribution in [-0.4, -0.2) is 15.1 Å². The summed E-state index contributed by atoms with van der Waals surface area (Å²) in [7, 11) is 0. The van der Waals surface area contributed by atoms with Crippen molar-refractivity contribution in [3.05, 3.63) is 44.4 Å². The molecule has 0 radical (unpaired) electrons. The van der Waals surface area contributed by atoms with Crippen LogP contribution in [0.5, 0.6) is 0 Å². The SMILES string of the molecule is Nc1nnc(Cc2ccc(C(F)(F)F)cc2[N+](=O)[O-])s1. The molecule has 2 rings (SSSR count). The van der Waals surface area contributed by atoms with E-state index < -0.39 is 22.4 Å². The van der Waals surface area contributed by atoms with E-state index in [4.69, 9.17) is 5.73 Å². The Kier molecular flexibility index (Phi) is 3.57. The molecule has 1 aromatic heterocycles. The number of rotatable bonds is 3. The monoisotopic (exact) mass is 304 g/mol. The molecule has 2 aromatic rings. The van der Waals surface area contributed by atoms with Crippen LogP contribution >= 0.6 is 11.3 Å². The third-order valence-electron chi connectivity index (χ3n) is 2.43. The van der Waals surface area contributed by atoms with Gasteiger partial charge in [0.2, 0.25) is 5.13 Å². The predicted octanol–water partition coefficient (Wildman–Crippen LogP) is 2.64. The van der Waals surface area contributed by atoms with Gasteiger partial charge in [0.25, 0.3) is 5.69 Å². The molecule has 0 fully saturated rings. The summed E-state index contributed by atoms with van der Waals surface area (Å²) in [5, 5.41) is 18.7. The van der Waals surface area contributed by atoms with E-state index in [-0.39, 0.29) is 17.1 Å². The predicted molar refractivity (Wildman–Crippen MR) is 65.2 cm³/mol. The molecule has 106 valence electrons. The fourth-order valence-electron chi connectivity index (χ4n) is 1.56. The molecular formula is C10H7F3N4O2S. The fourth-order valence-corrected chi connectivity index (χ4v) is 2.19. The van der Waals surface area contributed by atoms with E-state index in [0.717, 1.165) is 23.5 Å². The molecule has 0 aliphatic rings. The maximum atomic E-state index is 12.5. The maximum absolute atomic E-state index is 12.5. The Bertz CT molecular complexity index is 656. The highest BCUT2D eigenvalue weighted by molar-refractivity contribution is 7.15. The lowest BCUT2D eigenvalue weighted by Gasteiger charge is -2.08. The first-order chi connectivity index (χ1) is 9.27. The first-order valence-electron chi connectivity index (χ1n) is 5.19. The summed E-state index contributed by atoms with van der Waals surface area (Å²) in [5.41, 5.74) is 3.83. The van der Waals surface area contributed by atoms with E-state index in [1.807, 2.05) is 0 Å². The van der Waals surface area contributed by atoms with Gasteiger partial charge in [-0.2, -0.15) is 13.2 Å². The molecule has 6 nitrogen and oxygen atoms in total. The lowest BCUT2D eigenvalue weighted by molar-refractivity contribution is -0.385. The number of nitro benzene ring substituents is 1. The lowest BCUT2D eigenvalue weighted by Crippen LogP contribution is -2.07. The Hall–Kier alpha value is -2.23. The fraction of sp³-hybridized carbons (Fsp3) is 0.200. The van der Waals surface area contributed by atoms with Gasteiger partial charge >= 0.3 is 6.18 Å². The van der Waals surface area contributed by atoms with Crippen LogP contribution in [0.4, 0.5) is 24.0 Å². The molecule has 20 heavy (non-hydrogen) atoms. The second-order valence-electron chi connectivity index (χ2n) is 3.81. The van der Waals surface area contributed by atoms with Gasteiger partial charge in [0, 0.05) is 18.1 Å². The Morgan fingerprint density at radius 1 is 1.35 bits per heavy atom. The van der Waals surface area contributed by atoms with Crippen molar-refractivity contribution in [1.29, 1.82) is 0 Å². The van der Waals surface area contributed by atoms with Gasteiger partial charge in [-0.05, 0) is 6.07 Å². The number of hydrogen-bond donors (Lipinski definition) is 1. The molecular weight excluding hydrogens is 297 g/mol. The number of anilines is 1. The zero-order valence-corrected chi connectivity index (χ0v) is 10.5. The van der Waals surface area contributed by atoms with Gasteiger partial charge in [-0.25, -0.2) is 0 Å². The third kappa shape index (κ3) is 3.02. The van der Waals surface area contributed by atoms with Crippen LogP contribution in [0.25, 0.3) is 0 Å². The van der Waals surface area contributed by atoms with Crippen molar-refractivity contribution in [3.63, 3.8) is 0 Å². The van der Waals surface area contributed by atoms with Crippen LogP contribution in [-0.2, 0) is 12.6 Å². The summed E-state index contributed by atoms with van der Waals surface area (Å²) < 4.78 is 37.6. The summed E-state index contributed by atoms with van der Waals surface area (Å²) in [6.07, 6.45) is -4.63. The van der Waals surface area contributed by atoms with Gasteiger partial charge in [0.1, 0.15) is 5.01 Å². The topological polar surface area (TPSA) is 94.9 Å². The smallest absolute Gasteiger partial charge is 0.374 e. The molecule has 0 saturated heterocycles. The van der Waals surface area contributed by atoms with E-state index in [1.54, 1.807) is 0 Å². The summed E-state index contributed by atoms with van der Waals surface area (Å²) in [4.78, 5) is 10.0. The van der Waals surface area contributed by atoms with Crippen LogP contribution in [0, 0.1) is 10.1 Å². The highest BCUT2D eigenvalue weighted by atomic mass is 32.1. The van der Waals surface area contributed by atoms with E-state index in [2.05, 4.69) is 10.2 Å². The standard InChI is InChI=1S/C10H7F3N4O2S/c11-10(12,13)6-2-1-5(7(4-6)17(18)19)3-8-15-16-9(14)20-8/h1-2,4H,3H2,(H2,14,16). The quantitative estimate of drug-likeness (QED) is 0.694. The Morgan fingerprint density at radius 2 is 2.05 bits per heavy atom. The van der Waals surface area contributed by atoms with Gasteiger partial charge in [-0.1, -0.05) is 17.4 Å². The largest absolute Gasteiger partial charge is 0.416 e.